The van der Waals surface area contributed by atoms with Crippen LogP contribution < -0.4 is 0 Å². The minimum Gasteiger partial charge on any atom is -0.383 e. The quantitative estimate of drug-likeness (QED) is 0.334. The van der Waals surface area contributed by atoms with Gasteiger partial charge >= 0.3 is 0 Å². The molecule has 0 saturated carbocycles. The molecular weight excluding hydrogens is 515 g/mol. The van der Waals surface area contributed by atoms with Crippen LogP contribution in [0.15, 0.2) is 64.9 Å². The average molecular weight is 542 g/mol. The Morgan fingerprint density at radius 2 is 1.79 bits per heavy atom. The summed E-state index contributed by atoms with van der Waals surface area (Å²) < 4.78 is 33.1. The Morgan fingerprint density at radius 1 is 1.06 bits per heavy atom. The number of rotatable bonds is 11. The molecule has 0 bridgehead atoms. The molecule has 0 N–H and O–H groups in total. The van der Waals surface area contributed by atoms with Crippen molar-refractivity contribution in [2.75, 3.05) is 26.8 Å². The Labute approximate surface area is 214 Å². The molecule has 1 amide bonds. The number of nitrogens with zero attached hydrogens (tertiary/aromatic N) is 2. The van der Waals surface area contributed by atoms with E-state index in [1.165, 1.54) is 25.3 Å². The fourth-order valence-electron chi connectivity index (χ4n) is 3.32. The number of hydrogen-bond donors (Lipinski definition) is 0. The number of sulfonamides is 1. The van der Waals surface area contributed by atoms with E-state index in [9.17, 15) is 13.2 Å². The minimum atomic E-state index is -4.11. The molecule has 10 heteroatoms. The number of carbonyl (C=O) groups is 1. The fourth-order valence-corrected chi connectivity index (χ4v) is 6.35. The van der Waals surface area contributed by atoms with Gasteiger partial charge < -0.3 is 9.64 Å². The number of amides is 1. The second-order valence-corrected chi connectivity index (χ2v) is 11.4. The van der Waals surface area contributed by atoms with Gasteiger partial charge in [-0.05, 0) is 47.7 Å². The van der Waals surface area contributed by atoms with Crippen molar-refractivity contribution in [1.82, 2.24) is 9.21 Å². The number of benzene rings is 2. The molecule has 0 spiro atoms. The maximum Gasteiger partial charge on any atom is 0.245 e. The van der Waals surface area contributed by atoms with E-state index in [-0.39, 0.29) is 40.5 Å². The van der Waals surface area contributed by atoms with Crippen LogP contribution in [0.2, 0.25) is 10.0 Å². The Kier molecular flexibility index (Phi) is 9.53. The summed E-state index contributed by atoms with van der Waals surface area (Å²) >= 11 is 13.8. The zero-order valence-corrected chi connectivity index (χ0v) is 22.1. The van der Waals surface area contributed by atoms with E-state index in [0.717, 1.165) is 20.3 Å². The van der Waals surface area contributed by atoms with E-state index in [4.69, 9.17) is 27.9 Å². The van der Waals surface area contributed by atoms with Crippen LogP contribution in [0, 0.1) is 6.92 Å². The molecule has 182 valence electrons. The molecule has 3 aromatic rings. The summed E-state index contributed by atoms with van der Waals surface area (Å²) in [6.07, 6.45) is 0. The zero-order valence-electron chi connectivity index (χ0n) is 18.9. The molecule has 2 aromatic carbocycles. The van der Waals surface area contributed by atoms with Crippen molar-refractivity contribution in [1.29, 1.82) is 0 Å². The fraction of sp³-hybridized carbons (Fsp3) is 0.292. The predicted molar refractivity (Wildman–Crippen MR) is 137 cm³/mol. The van der Waals surface area contributed by atoms with Crippen molar-refractivity contribution in [2.45, 2.75) is 24.9 Å². The van der Waals surface area contributed by atoms with Crippen LogP contribution in [0.3, 0.4) is 0 Å². The first-order valence-electron chi connectivity index (χ1n) is 10.5. The SMILES string of the molecule is COCCN(CC(=O)N(Cc1ccccc1)Cc1sccc1C)S(=O)(=O)c1cc(Cl)ccc1Cl. The number of ether oxygens (including phenoxy) is 1. The van der Waals surface area contributed by atoms with Gasteiger partial charge in [0.05, 0.1) is 24.7 Å². The van der Waals surface area contributed by atoms with Crippen LogP contribution in [0.5, 0.6) is 0 Å². The third kappa shape index (κ3) is 6.81. The van der Waals surface area contributed by atoms with E-state index >= 15 is 0 Å². The van der Waals surface area contributed by atoms with Gasteiger partial charge in [-0.1, -0.05) is 53.5 Å². The lowest BCUT2D eigenvalue weighted by Crippen LogP contribution is -2.43. The van der Waals surface area contributed by atoms with Gasteiger partial charge in [0.15, 0.2) is 0 Å². The number of halogens is 2. The van der Waals surface area contributed by atoms with Crippen LogP contribution >= 0.6 is 34.5 Å². The smallest absolute Gasteiger partial charge is 0.245 e. The third-order valence-electron chi connectivity index (χ3n) is 5.24. The molecule has 0 aliphatic carbocycles. The highest BCUT2D eigenvalue weighted by molar-refractivity contribution is 7.89. The number of thiophene rings is 1. The van der Waals surface area contributed by atoms with E-state index in [2.05, 4.69) is 0 Å². The number of aryl methyl sites for hydroxylation is 1. The third-order valence-corrected chi connectivity index (χ3v) is 8.81. The van der Waals surface area contributed by atoms with E-state index in [0.29, 0.717) is 13.1 Å². The first-order valence-corrected chi connectivity index (χ1v) is 13.6. The minimum absolute atomic E-state index is 0.00930. The second kappa shape index (κ2) is 12.2. The van der Waals surface area contributed by atoms with Crippen LogP contribution in [0.1, 0.15) is 16.0 Å². The van der Waals surface area contributed by atoms with E-state index < -0.39 is 10.0 Å². The number of hydrogen-bond acceptors (Lipinski definition) is 5. The average Bonchev–Trinajstić information content (AvgIpc) is 3.22. The van der Waals surface area contributed by atoms with Crippen molar-refractivity contribution in [3.8, 4) is 0 Å². The van der Waals surface area contributed by atoms with Crippen LogP contribution in [-0.2, 0) is 32.6 Å². The molecule has 0 saturated heterocycles. The van der Waals surface area contributed by atoms with Crippen LogP contribution in [0.4, 0.5) is 0 Å². The van der Waals surface area contributed by atoms with Gasteiger partial charge in [0, 0.05) is 30.1 Å². The molecule has 1 aromatic heterocycles. The number of methoxy groups -OCH3 is 1. The Balaban J connectivity index is 1.91. The van der Waals surface area contributed by atoms with E-state index in [1.807, 2.05) is 48.7 Å². The summed E-state index contributed by atoms with van der Waals surface area (Å²) in [5.41, 5.74) is 2.04. The Bertz CT molecular complexity index is 1220. The highest BCUT2D eigenvalue weighted by Gasteiger charge is 2.30. The van der Waals surface area contributed by atoms with Crippen molar-refractivity contribution in [3.05, 3.63) is 86.0 Å². The van der Waals surface area contributed by atoms with Gasteiger partial charge in [-0.3, -0.25) is 4.79 Å². The molecule has 0 fully saturated rings. The lowest BCUT2D eigenvalue weighted by molar-refractivity contribution is -0.132. The standard InChI is InChI=1S/C24H26Cl2N2O4S2/c1-18-10-13-33-22(18)16-27(15-19-6-4-3-5-7-19)24(29)17-28(11-12-32-2)34(30,31)23-14-20(25)8-9-21(23)26/h3-10,13-14H,11-12,15-17H2,1-2H3. The van der Waals surface area contributed by atoms with Gasteiger partial charge in [-0.2, -0.15) is 4.31 Å². The molecule has 0 radical (unpaired) electrons. The monoisotopic (exact) mass is 540 g/mol. The molecular formula is C24H26Cl2N2O4S2. The summed E-state index contributed by atoms with van der Waals surface area (Å²) in [6, 6.07) is 15.8. The highest BCUT2D eigenvalue weighted by atomic mass is 35.5. The lowest BCUT2D eigenvalue weighted by Gasteiger charge is -2.27. The summed E-state index contributed by atoms with van der Waals surface area (Å²) in [6.45, 7) is 2.48. The maximum absolute atomic E-state index is 13.5. The molecule has 1 heterocycles. The van der Waals surface area contributed by atoms with Gasteiger partial charge in [0.25, 0.3) is 0 Å². The highest BCUT2D eigenvalue weighted by Crippen LogP contribution is 2.28. The van der Waals surface area contributed by atoms with Gasteiger partial charge in [-0.25, -0.2) is 8.42 Å². The van der Waals surface area contributed by atoms with Gasteiger partial charge in [0.2, 0.25) is 15.9 Å². The maximum atomic E-state index is 13.5. The van der Waals surface area contributed by atoms with E-state index in [1.54, 1.807) is 16.2 Å². The Hall–Kier alpha value is -1.94. The predicted octanol–water partition coefficient (Wildman–Crippen LogP) is 5.23. The van der Waals surface area contributed by atoms with Crippen molar-refractivity contribution >= 4 is 50.5 Å². The molecule has 6 nitrogen and oxygen atoms in total. The molecule has 0 aliphatic heterocycles. The van der Waals surface area contributed by atoms with Crippen LogP contribution in [0.25, 0.3) is 0 Å². The van der Waals surface area contributed by atoms with Crippen molar-refractivity contribution in [2.24, 2.45) is 0 Å². The Morgan fingerprint density at radius 3 is 2.44 bits per heavy atom. The van der Waals surface area contributed by atoms with Crippen molar-refractivity contribution < 1.29 is 17.9 Å². The summed E-state index contributed by atoms with van der Waals surface area (Å²) in [4.78, 5) is 16.1. The normalized spacial score (nSPS) is 11.7. The second-order valence-electron chi connectivity index (χ2n) is 7.67. The van der Waals surface area contributed by atoms with Crippen LogP contribution in [-0.4, -0.2) is 50.3 Å². The summed E-state index contributed by atoms with van der Waals surface area (Å²) in [7, 11) is -2.63. The molecule has 0 unspecified atom stereocenters. The molecule has 3 rings (SSSR count). The largest absolute Gasteiger partial charge is 0.383 e. The first kappa shape index (κ1) is 26.7. The van der Waals surface area contributed by atoms with Crippen molar-refractivity contribution in [3.63, 3.8) is 0 Å². The molecule has 0 aliphatic rings. The number of carbonyl (C=O) groups excluding carboxylic acids is 1. The topological polar surface area (TPSA) is 66.9 Å². The zero-order chi connectivity index (χ0) is 24.7. The lowest BCUT2D eigenvalue weighted by atomic mass is 10.2. The molecule has 0 atom stereocenters. The first-order chi connectivity index (χ1) is 16.2. The summed E-state index contributed by atoms with van der Waals surface area (Å²) in [5, 5.41) is 2.25. The van der Waals surface area contributed by atoms with Gasteiger partial charge in [0.1, 0.15) is 4.90 Å². The van der Waals surface area contributed by atoms with Gasteiger partial charge in [-0.15, -0.1) is 11.3 Å². The molecule has 34 heavy (non-hydrogen) atoms. The summed E-state index contributed by atoms with van der Waals surface area (Å²) in [5.74, 6) is -0.325.